The minimum atomic E-state index is -0.332. The lowest BCUT2D eigenvalue weighted by molar-refractivity contribution is 0.0832. The molecule has 0 aliphatic heterocycles. The van der Waals surface area contributed by atoms with Crippen LogP contribution in [0.5, 0.6) is 0 Å². The number of nitrogens with zero attached hydrogens (tertiary/aromatic N) is 1. The molecule has 0 aliphatic carbocycles. The van der Waals surface area contributed by atoms with Crippen LogP contribution in [0.15, 0.2) is 0 Å². The predicted octanol–water partition coefficient (Wildman–Crippen LogP) is 0.812. The minimum absolute atomic E-state index is 0.326. The molecule has 0 saturated heterocycles. The van der Waals surface area contributed by atoms with E-state index in [1.807, 2.05) is 20.8 Å². The Morgan fingerprint density at radius 2 is 2.08 bits per heavy atom. The predicted molar refractivity (Wildman–Crippen MR) is 47.9 cm³/mol. The largest absolute Gasteiger partial charge is 0.453 e. The van der Waals surface area contributed by atoms with E-state index in [9.17, 15) is 4.79 Å². The summed E-state index contributed by atoms with van der Waals surface area (Å²) in [5.74, 6) is 0. The van der Waals surface area contributed by atoms with Gasteiger partial charge < -0.3 is 15.4 Å². The van der Waals surface area contributed by atoms with Crippen LogP contribution in [0.3, 0.4) is 0 Å². The molecule has 0 bridgehead atoms. The molecule has 2 N–H and O–H groups in total. The molecule has 0 spiro atoms. The third-order valence-corrected chi connectivity index (χ3v) is 1.94. The fourth-order valence-corrected chi connectivity index (χ4v) is 1.02. The van der Waals surface area contributed by atoms with Gasteiger partial charge in [0.05, 0.1) is 12.6 Å². The first kappa shape index (κ1) is 11.2. The molecule has 0 fully saturated rings. The molecule has 0 aliphatic rings. The maximum atomic E-state index is 11.2. The summed E-state index contributed by atoms with van der Waals surface area (Å²) in [7, 11) is 1.37. The van der Waals surface area contributed by atoms with Gasteiger partial charge in [-0.2, -0.15) is 0 Å². The Kier molecular flexibility index (Phi) is 4.03. The van der Waals surface area contributed by atoms with Crippen LogP contribution >= 0.6 is 0 Å². The Morgan fingerprint density at radius 1 is 1.58 bits per heavy atom. The van der Waals surface area contributed by atoms with Crippen molar-refractivity contribution in [1.29, 1.82) is 0 Å². The van der Waals surface area contributed by atoms with Crippen molar-refractivity contribution >= 4 is 6.09 Å². The lowest BCUT2D eigenvalue weighted by Gasteiger charge is -2.35. The van der Waals surface area contributed by atoms with Crippen LogP contribution < -0.4 is 5.73 Å². The van der Waals surface area contributed by atoms with Crippen LogP contribution in [0.4, 0.5) is 4.79 Å². The first-order valence-corrected chi connectivity index (χ1v) is 4.05. The number of amides is 1. The zero-order chi connectivity index (χ0) is 9.78. The summed E-state index contributed by atoms with van der Waals surface area (Å²) >= 11 is 0. The highest BCUT2D eigenvalue weighted by Gasteiger charge is 2.28. The average Bonchev–Trinajstić information content (AvgIpc) is 2.05. The molecule has 0 radical (unpaired) electrons. The van der Waals surface area contributed by atoms with Crippen LogP contribution in [0.1, 0.15) is 20.8 Å². The molecule has 0 unspecified atom stereocenters. The van der Waals surface area contributed by atoms with Crippen molar-refractivity contribution in [2.75, 3.05) is 20.2 Å². The molecule has 0 aromatic carbocycles. The van der Waals surface area contributed by atoms with Crippen LogP contribution in [-0.4, -0.2) is 36.7 Å². The topological polar surface area (TPSA) is 55.6 Å². The highest BCUT2D eigenvalue weighted by molar-refractivity contribution is 5.68. The number of carbonyl (C=O) groups excluding carboxylic acids is 1. The summed E-state index contributed by atoms with van der Waals surface area (Å²) in [6, 6.07) is 0. The van der Waals surface area contributed by atoms with Crippen molar-refractivity contribution in [2.45, 2.75) is 26.3 Å². The molecule has 0 aromatic rings. The second-order valence-electron chi connectivity index (χ2n) is 3.23. The van der Waals surface area contributed by atoms with E-state index in [1.165, 1.54) is 7.11 Å². The van der Waals surface area contributed by atoms with Gasteiger partial charge in [-0.05, 0) is 20.8 Å². The summed E-state index contributed by atoms with van der Waals surface area (Å²) in [5, 5.41) is 0. The Bertz CT molecular complexity index is 157. The van der Waals surface area contributed by atoms with Crippen LogP contribution in [0.2, 0.25) is 0 Å². The quantitative estimate of drug-likeness (QED) is 0.689. The molecule has 0 atom stereocenters. The fraction of sp³-hybridized carbons (Fsp3) is 0.875. The van der Waals surface area contributed by atoms with Gasteiger partial charge in [-0.3, -0.25) is 0 Å². The van der Waals surface area contributed by atoms with Gasteiger partial charge in [0, 0.05) is 13.1 Å². The van der Waals surface area contributed by atoms with Crippen molar-refractivity contribution in [3.63, 3.8) is 0 Å². The first-order valence-electron chi connectivity index (χ1n) is 4.05. The number of nitrogens with two attached hydrogens (primary N) is 1. The van der Waals surface area contributed by atoms with E-state index in [2.05, 4.69) is 4.74 Å². The molecule has 4 nitrogen and oxygen atoms in total. The van der Waals surface area contributed by atoms with E-state index < -0.39 is 0 Å². The summed E-state index contributed by atoms with van der Waals surface area (Å²) in [5.41, 5.74) is 5.19. The normalized spacial score (nSPS) is 11.1. The standard InChI is InChI=1S/C8H18N2O2/c1-5-10(7(11)12-4)8(2,3)6-9/h5-6,9H2,1-4H3. The lowest BCUT2D eigenvalue weighted by atomic mass is 10.0. The van der Waals surface area contributed by atoms with Gasteiger partial charge in [-0.1, -0.05) is 0 Å². The smallest absolute Gasteiger partial charge is 0.409 e. The number of likely N-dealkylation sites (N-methyl/N-ethyl adjacent to an activating group) is 1. The van der Waals surface area contributed by atoms with Crippen LogP contribution in [-0.2, 0) is 4.74 Å². The molecule has 1 amide bonds. The van der Waals surface area contributed by atoms with Gasteiger partial charge in [0.25, 0.3) is 0 Å². The van der Waals surface area contributed by atoms with Gasteiger partial charge in [-0.15, -0.1) is 0 Å². The Labute approximate surface area is 73.7 Å². The molecule has 0 rings (SSSR count). The molecular weight excluding hydrogens is 156 g/mol. The average molecular weight is 174 g/mol. The first-order chi connectivity index (χ1) is 5.49. The molecule has 12 heavy (non-hydrogen) atoms. The van der Waals surface area contributed by atoms with E-state index >= 15 is 0 Å². The minimum Gasteiger partial charge on any atom is -0.453 e. The summed E-state index contributed by atoms with van der Waals surface area (Å²) in [4.78, 5) is 12.8. The maximum absolute atomic E-state index is 11.2. The SMILES string of the molecule is CCN(C(=O)OC)C(C)(C)CN. The monoisotopic (exact) mass is 174 g/mol. The van der Waals surface area contributed by atoms with E-state index in [0.717, 1.165) is 0 Å². The summed E-state index contributed by atoms with van der Waals surface area (Å²) < 4.78 is 4.62. The van der Waals surface area contributed by atoms with E-state index in [-0.39, 0.29) is 11.6 Å². The van der Waals surface area contributed by atoms with Crippen molar-refractivity contribution in [2.24, 2.45) is 5.73 Å². The number of hydrogen-bond acceptors (Lipinski definition) is 3. The number of rotatable bonds is 3. The molecule has 4 heteroatoms. The Hall–Kier alpha value is -0.770. The van der Waals surface area contributed by atoms with Gasteiger partial charge in [0.2, 0.25) is 0 Å². The highest BCUT2D eigenvalue weighted by atomic mass is 16.5. The van der Waals surface area contributed by atoms with Crippen molar-refractivity contribution in [3.05, 3.63) is 0 Å². The third kappa shape index (κ3) is 2.37. The number of hydrogen-bond donors (Lipinski definition) is 1. The van der Waals surface area contributed by atoms with Crippen molar-refractivity contribution < 1.29 is 9.53 Å². The molecule has 72 valence electrons. The van der Waals surface area contributed by atoms with Gasteiger partial charge >= 0.3 is 6.09 Å². The third-order valence-electron chi connectivity index (χ3n) is 1.94. The van der Waals surface area contributed by atoms with E-state index in [4.69, 9.17) is 5.73 Å². The van der Waals surface area contributed by atoms with Crippen molar-refractivity contribution in [3.8, 4) is 0 Å². The Morgan fingerprint density at radius 3 is 2.33 bits per heavy atom. The Balaban J connectivity index is 4.43. The van der Waals surface area contributed by atoms with Gasteiger partial charge in [0.1, 0.15) is 0 Å². The second-order valence-corrected chi connectivity index (χ2v) is 3.23. The zero-order valence-corrected chi connectivity index (χ0v) is 8.26. The maximum Gasteiger partial charge on any atom is 0.409 e. The number of methoxy groups -OCH3 is 1. The van der Waals surface area contributed by atoms with E-state index in [0.29, 0.717) is 13.1 Å². The molecule has 0 heterocycles. The summed E-state index contributed by atoms with van der Waals surface area (Å²) in [6.07, 6.45) is -0.326. The second kappa shape index (κ2) is 4.30. The summed E-state index contributed by atoms with van der Waals surface area (Å²) in [6.45, 7) is 6.75. The number of ether oxygens (including phenoxy) is 1. The van der Waals surface area contributed by atoms with E-state index in [1.54, 1.807) is 4.90 Å². The van der Waals surface area contributed by atoms with Crippen LogP contribution in [0.25, 0.3) is 0 Å². The molecule has 0 aromatic heterocycles. The molecular formula is C8H18N2O2. The molecule has 0 saturated carbocycles. The van der Waals surface area contributed by atoms with Gasteiger partial charge in [-0.25, -0.2) is 4.79 Å². The zero-order valence-electron chi connectivity index (χ0n) is 8.26. The highest BCUT2D eigenvalue weighted by Crippen LogP contribution is 2.12. The van der Waals surface area contributed by atoms with Crippen LogP contribution in [0, 0.1) is 0 Å². The lowest BCUT2D eigenvalue weighted by Crippen LogP contribution is -2.52. The van der Waals surface area contributed by atoms with Crippen molar-refractivity contribution in [1.82, 2.24) is 4.90 Å². The fourth-order valence-electron chi connectivity index (χ4n) is 1.02. The number of carbonyl (C=O) groups is 1. The van der Waals surface area contributed by atoms with Gasteiger partial charge in [0.15, 0.2) is 0 Å².